The normalized spacial score (nSPS) is 10.4. The summed E-state index contributed by atoms with van der Waals surface area (Å²) in [5.74, 6) is -0.653. The quantitative estimate of drug-likeness (QED) is 0.0480. The largest absolute Gasteiger partial charge is 0.481 e. The highest BCUT2D eigenvalue weighted by molar-refractivity contribution is 7.48. The summed E-state index contributed by atoms with van der Waals surface area (Å²) in [6.45, 7) is 11.6. The molecule has 0 saturated heterocycles. The molecule has 0 fully saturated rings. The van der Waals surface area contributed by atoms with Crippen molar-refractivity contribution in [3.05, 3.63) is 0 Å². The monoisotopic (exact) mass is 629 g/mol. The van der Waals surface area contributed by atoms with Crippen LogP contribution in [0.2, 0.25) is 0 Å². The first-order chi connectivity index (χ1) is 20.1. The van der Waals surface area contributed by atoms with Crippen molar-refractivity contribution in [2.75, 3.05) is 46.0 Å². The molecule has 42 heavy (non-hydrogen) atoms. The molecular formula is C29H68N5O7P. The Morgan fingerprint density at radius 3 is 1.14 bits per heavy atom. The van der Waals surface area contributed by atoms with E-state index in [9.17, 15) is 9.36 Å². The van der Waals surface area contributed by atoms with E-state index in [2.05, 4.69) is 23.7 Å². The van der Waals surface area contributed by atoms with Crippen molar-refractivity contribution in [3.63, 3.8) is 0 Å². The maximum absolute atomic E-state index is 11.3. The van der Waals surface area contributed by atoms with Gasteiger partial charge in [0, 0.05) is 32.6 Å². The van der Waals surface area contributed by atoms with Crippen molar-refractivity contribution >= 4 is 19.8 Å². The molecule has 10 N–H and O–H groups in total. The topological polar surface area (TPSA) is 215 Å². The Labute approximate surface area is 257 Å². The molecule has 12 nitrogen and oxygen atoms in total. The Bertz CT molecular complexity index is 559. The Morgan fingerprint density at radius 1 is 0.619 bits per heavy atom. The van der Waals surface area contributed by atoms with Crippen molar-refractivity contribution in [2.45, 2.75) is 130 Å². The number of phosphoric ester groups is 1. The highest BCUT2D eigenvalue weighted by Gasteiger charge is 2.23. The van der Waals surface area contributed by atoms with Gasteiger partial charge in [0.25, 0.3) is 0 Å². The molecule has 0 aromatic rings. The van der Waals surface area contributed by atoms with Crippen LogP contribution in [0.25, 0.3) is 0 Å². The van der Waals surface area contributed by atoms with E-state index in [1.165, 1.54) is 83.5 Å². The van der Waals surface area contributed by atoms with E-state index in [1.807, 2.05) is 0 Å². The van der Waals surface area contributed by atoms with Crippen molar-refractivity contribution in [2.24, 2.45) is 22.9 Å². The number of hydrogen-bond donors (Lipinski definition) is 6. The highest BCUT2D eigenvalue weighted by Crippen LogP contribution is 2.48. The molecule has 0 aliphatic rings. The molecule has 0 saturated carbocycles. The van der Waals surface area contributed by atoms with Gasteiger partial charge in [-0.15, -0.1) is 0 Å². The van der Waals surface area contributed by atoms with E-state index >= 15 is 0 Å². The van der Waals surface area contributed by atoms with Gasteiger partial charge in [-0.3, -0.25) is 18.4 Å². The van der Waals surface area contributed by atoms with Gasteiger partial charge in [0.05, 0.1) is 19.8 Å². The Morgan fingerprint density at radius 2 is 0.905 bits per heavy atom. The van der Waals surface area contributed by atoms with E-state index in [4.69, 9.17) is 34.9 Å². The van der Waals surface area contributed by atoms with Crippen LogP contribution in [0.4, 0.5) is 4.79 Å². The van der Waals surface area contributed by atoms with Crippen LogP contribution in [0.1, 0.15) is 130 Å². The lowest BCUT2D eigenvalue weighted by molar-refractivity contribution is -0.137. The minimum Gasteiger partial charge on any atom is -0.481 e. The summed E-state index contributed by atoms with van der Waals surface area (Å²) in [5, 5.41) is 11.6. The summed E-state index contributed by atoms with van der Waals surface area (Å²) in [6.07, 6.45) is 20.2. The van der Waals surface area contributed by atoms with E-state index in [0.29, 0.717) is 39.3 Å². The van der Waals surface area contributed by atoms with E-state index < -0.39 is 19.8 Å². The summed E-state index contributed by atoms with van der Waals surface area (Å²) in [4.78, 5) is 19.3. The van der Waals surface area contributed by atoms with Crippen LogP contribution in [-0.2, 0) is 22.9 Å². The molecule has 0 heterocycles. The van der Waals surface area contributed by atoms with Gasteiger partial charge >= 0.3 is 19.8 Å². The highest BCUT2D eigenvalue weighted by atomic mass is 31.2. The lowest BCUT2D eigenvalue weighted by atomic mass is 10.0. The summed E-state index contributed by atoms with van der Waals surface area (Å²) in [5.41, 5.74) is 18.8. The van der Waals surface area contributed by atoms with Gasteiger partial charge in [-0.25, -0.2) is 9.36 Å². The third-order valence-corrected chi connectivity index (χ3v) is 7.22. The molecule has 2 amide bonds. The van der Waals surface area contributed by atoms with Crippen LogP contribution in [0, 0.1) is 0 Å². The first-order valence-electron chi connectivity index (χ1n) is 16.0. The lowest BCUT2D eigenvalue weighted by Gasteiger charge is -2.14. The maximum atomic E-state index is 11.3. The molecule has 0 spiro atoms. The molecule has 0 aromatic heterocycles. The number of hydrogen-bond acceptors (Lipinski definition) is 9. The summed E-state index contributed by atoms with van der Waals surface area (Å²) in [6, 6.07) is -0.833. The second-order valence-corrected chi connectivity index (χ2v) is 11.2. The predicted octanol–water partition coefficient (Wildman–Crippen LogP) is 6.05. The number of carboxylic acid groups (broad SMARTS) is 1. The Hall–Kier alpha value is -1.27. The van der Waals surface area contributed by atoms with Gasteiger partial charge in [0.1, 0.15) is 0 Å². The predicted molar refractivity (Wildman–Crippen MR) is 174 cm³/mol. The number of primary amides is 2. The second kappa shape index (κ2) is 41.9. The number of urea groups is 1. The van der Waals surface area contributed by atoms with E-state index in [1.54, 1.807) is 20.8 Å². The molecule has 0 aliphatic heterocycles. The number of rotatable bonds is 26. The van der Waals surface area contributed by atoms with Crippen LogP contribution in [0.3, 0.4) is 0 Å². The summed E-state index contributed by atoms with van der Waals surface area (Å²) >= 11 is 0. The van der Waals surface area contributed by atoms with E-state index in [-0.39, 0.29) is 0 Å². The third-order valence-electron chi connectivity index (χ3n) is 5.50. The number of carbonyl (C=O) groups is 2. The fourth-order valence-corrected chi connectivity index (χ4v) is 4.74. The first kappa shape index (κ1) is 47.7. The number of carboxylic acids is 1. The molecule has 13 heteroatoms. The number of carbonyl (C=O) groups excluding carboxylic acids is 1. The number of amides is 2. The van der Waals surface area contributed by atoms with Gasteiger partial charge in [-0.05, 0) is 27.2 Å². The molecular weight excluding hydrogens is 561 g/mol. The van der Waals surface area contributed by atoms with E-state index in [0.717, 1.165) is 25.9 Å². The minimum absolute atomic E-state index is 0.331. The fourth-order valence-electron chi connectivity index (χ4n) is 3.56. The molecule has 0 radical (unpaired) electrons. The zero-order valence-corrected chi connectivity index (χ0v) is 28.3. The van der Waals surface area contributed by atoms with Crippen molar-refractivity contribution in [1.82, 2.24) is 5.32 Å². The zero-order chi connectivity index (χ0) is 32.7. The van der Waals surface area contributed by atoms with Crippen LogP contribution in [0.5, 0.6) is 0 Å². The fraction of sp³-hybridized carbons (Fsp3) is 0.931. The van der Waals surface area contributed by atoms with Gasteiger partial charge in [0.15, 0.2) is 0 Å². The van der Waals surface area contributed by atoms with Crippen LogP contribution < -0.4 is 28.3 Å². The maximum Gasteiger partial charge on any atom is 0.474 e. The summed E-state index contributed by atoms with van der Waals surface area (Å²) in [7, 11) is -3.22. The average Bonchev–Trinajstić information content (AvgIpc) is 2.92. The third kappa shape index (κ3) is 54.8. The Balaban J connectivity index is -0.000000273. The van der Waals surface area contributed by atoms with Crippen LogP contribution in [0.15, 0.2) is 0 Å². The van der Waals surface area contributed by atoms with Crippen LogP contribution >= 0.6 is 7.82 Å². The first-order valence-corrected chi connectivity index (χ1v) is 17.5. The number of nitrogens with one attached hydrogen (secondary N) is 1. The molecule has 0 bridgehead atoms. The second-order valence-electron chi connectivity index (χ2n) is 9.52. The SMILES string of the molecule is CCCCCCCCCCCCCCCCCC(=O)O.CCOP(=O)(OCC)OCC.NC(N)=O.NCCNCCN. The van der Waals surface area contributed by atoms with Gasteiger partial charge in [0.2, 0.25) is 0 Å². The zero-order valence-electron chi connectivity index (χ0n) is 27.4. The smallest absolute Gasteiger partial charge is 0.474 e. The minimum atomic E-state index is -3.22. The average molecular weight is 630 g/mol. The number of unbranched alkanes of at least 4 members (excludes halogenated alkanes) is 14. The molecule has 0 atom stereocenters. The number of nitrogens with two attached hydrogens (primary N) is 4. The van der Waals surface area contributed by atoms with Crippen molar-refractivity contribution < 1.29 is 32.8 Å². The number of phosphoric acid groups is 1. The summed E-state index contributed by atoms with van der Waals surface area (Å²) < 4.78 is 25.8. The molecule has 0 aliphatic carbocycles. The van der Waals surface area contributed by atoms with Crippen molar-refractivity contribution in [3.8, 4) is 0 Å². The lowest BCUT2D eigenvalue weighted by Crippen LogP contribution is -2.27. The van der Waals surface area contributed by atoms with Gasteiger partial charge < -0.3 is 33.4 Å². The van der Waals surface area contributed by atoms with Gasteiger partial charge in [-0.1, -0.05) is 96.8 Å². The van der Waals surface area contributed by atoms with Gasteiger partial charge in [-0.2, -0.15) is 0 Å². The standard InChI is InChI=1S/C18H36O2.C6H15O4P.C4H13N3.CH4N2O/c1-2-3-4-5-6-7-8-9-10-11-12-13-14-15-16-17-18(19)20;1-4-8-11(7,9-5-2)10-6-3;5-1-3-7-4-2-6;2-1(3)4/h2-17H2,1H3,(H,19,20);4-6H2,1-3H3;7H,1-6H2;(H4,2,3,4). The molecule has 256 valence electrons. The van der Waals surface area contributed by atoms with Crippen LogP contribution in [-0.4, -0.2) is 63.1 Å². The Kier molecular flexibility index (Phi) is 47.5. The van der Waals surface area contributed by atoms with Crippen molar-refractivity contribution in [1.29, 1.82) is 0 Å². The molecule has 0 rings (SSSR count). The molecule has 0 unspecified atom stereocenters. The molecule has 0 aromatic carbocycles. The number of aliphatic carboxylic acids is 1.